The van der Waals surface area contributed by atoms with Crippen LogP contribution in [0.2, 0.25) is 0 Å². The number of halogens is 1. The highest BCUT2D eigenvalue weighted by molar-refractivity contribution is 9.10. The van der Waals surface area contributed by atoms with Crippen molar-refractivity contribution in [3.63, 3.8) is 0 Å². The first-order valence-electron chi connectivity index (χ1n) is 5.50. The van der Waals surface area contributed by atoms with Gasteiger partial charge in [-0.2, -0.15) is 0 Å². The second-order valence-corrected chi connectivity index (χ2v) is 4.97. The molecule has 5 nitrogen and oxygen atoms in total. The average Bonchev–Trinajstić information content (AvgIpc) is 2.73. The minimum Gasteiger partial charge on any atom is -0.312 e. The monoisotopic (exact) mass is 312 g/mol. The fourth-order valence-corrected chi connectivity index (χ4v) is 2.20. The summed E-state index contributed by atoms with van der Waals surface area (Å²) in [6, 6.07) is 7.42. The quantitative estimate of drug-likeness (QED) is 0.860. The number of nitrogens with one attached hydrogen (secondary N) is 1. The zero-order chi connectivity index (χ0) is 13.1. The molecule has 1 N–H and O–H groups in total. The molecule has 1 saturated heterocycles. The number of hydrogen-bond donors (Lipinski definition) is 1. The zero-order valence-electron chi connectivity index (χ0n) is 9.85. The van der Waals surface area contributed by atoms with E-state index in [4.69, 9.17) is 0 Å². The van der Waals surface area contributed by atoms with Crippen molar-refractivity contribution in [2.45, 2.75) is 6.42 Å². The molecule has 1 aromatic rings. The van der Waals surface area contributed by atoms with E-state index < -0.39 is 0 Å². The molecule has 96 valence electrons. The molecule has 0 spiro atoms. The summed E-state index contributed by atoms with van der Waals surface area (Å²) in [5.74, 6) is -0.667. The Kier molecular flexibility index (Phi) is 3.98. The lowest BCUT2D eigenvalue weighted by molar-refractivity contribution is -0.135. The Balaban J connectivity index is 2.10. The van der Waals surface area contributed by atoms with Gasteiger partial charge in [0.25, 0.3) is 0 Å². The van der Waals surface area contributed by atoms with Crippen LogP contribution in [0.3, 0.4) is 0 Å². The van der Waals surface area contributed by atoms with Gasteiger partial charge in [0, 0.05) is 23.1 Å². The standard InChI is InChI=1S/C12H13BrN2O3/c1-18-14-12(17)8-6-11(16)15(7-8)10-4-2-9(13)3-5-10/h2-5,8H,6-7H2,1H3,(H,14,17)/t8-/m1/s1. The first kappa shape index (κ1) is 13.0. The van der Waals surface area contributed by atoms with Crippen molar-refractivity contribution in [3.05, 3.63) is 28.7 Å². The third-order valence-electron chi connectivity index (χ3n) is 2.84. The van der Waals surface area contributed by atoms with Crippen molar-refractivity contribution in [1.82, 2.24) is 5.48 Å². The number of nitrogens with zero attached hydrogens (tertiary/aromatic N) is 1. The predicted molar refractivity (Wildman–Crippen MR) is 69.8 cm³/mol. The first-order chi connectivity index (χ1) is 8.61. The van der Waals surface area contributed by atoms with Gasteiger partial charge in [-0.05, 0) is 24.3 Å². The molecule has 0 radical (unpaired) electrons. The zero-order valence-corrected chi connectivity index (χ0v) is 11.4. The molecule has 1 aliphatic heterocycles. The van der Waals surface area contributed by atoms with Gasteiger partial charge in [0.1, 0.15) is 0 Å². The molecule has 1 heterocycles. The van der Waals surface area contributed by atoms with Crippen molar-refractivity contribution < 1.29 is 14.4 Å². The molecule has 0 saturated carbocycles. The summed E-state index contributed by atoms with van der Waals surface area (Å²) in [5, 5.41) is 0. The molecule has 0 aliphatic carbocycles. The lowest BCUT2D eigenvalue weighted by Gasteiger charge is -2.16. The molecule has 1 fully saturated rings. The minimum absolute atomic E-state index is 0.0476. The number of benzene rings is 1. The number of rotatable bonds is 3. The highest BCUT2D eigenvalue weighted by Crippen LogP contribution is 2.26. The van der Waals surface area contributed by atoms with E-state index in [0.717, 1.165) is 10.2 Å². The Morgan fingerprint density at radius 2 is 2.11 bits per heavy atom. The summed E-state index contributed by atoms with van der Waals surface area (Å²) < 4.78 is 0.951. The second kappa shape index (κ2) is 5.49. The van der Waals surface area contributed by atoms with Gasteiger partial charge in [-0.15, -0.1) is 0 Å². The molecule has 6 heteroatoms. The van der Waals surface area contributed by atoms with E-state index in [9.17, 15) is 9.59 Å². The average molecular weight is 313 g/mol. The van der Waals surface area contributed by atoms with Crippen molar-refractivity contribution in [2.24, 2.45) is 5.92 Å². The highest BCUT2D eigenvalue weighted by atomic mass is 79.9. The van der Waals surface area contributed by atoms with Gasteiger partial charge in [-0.1, -0.05) is 15.9 Å². The van der Waals surface area contributed by atoms with Crippen LogP contribution in [0, 0.1) is 5.92 Å². The van der Waals surface area contributed by atoms with Gasteiger partial charge in [0.15, 0.2) is 0 Å². The maximum absolute atomic E-state index is 11.9. The smallest absolute Gasteiger partial charge is 0.248 e. The Bertz CT molecular complexity index is 461. The topological polar surface area (TPSA) is 58.6 Å². The normalized spacial score (nSPS) is 19.1. The van der Waals surface area contributed by atoms with Gasteiger partial charge in [-0.25, -0.2) is 5.48 Å². The molecule has 1 aliphatic rings. The van der Waals surface area contributed by atoms with E-state index in [2.05, 4.69) is 26.2 Å². The van der Waals surface area contributed by atoms with Crippen LogP contribution in [0.25, 0.3) is 0 Å². The fraction of sp³-hybridized carbons (Fsp3) is 0.333. The van der Waals surface area contributed by atoms with Gasteiger partial charge in [-0.3, -0.25) is 14.4 Å². The third-order valence-corrected chi connectivity index (χ3v) is 3.37. The molecule has 1 atom stereocenters. The molecular weight excluding hydrogens is 300 g/mol. The number of anilines is 1. The maximum atomic E-state index is 11.9. The van der Waals surface area contributed by atoms with Crippen LogP contribution in [0.5, 0.6) is 0 Å². The van der Waals surface area contributed by atoms with Gasteiger partial charge in [0.2, 0.25) is 11.8 Å². The van der Waals surface area contributed by atoms with Crippen molar-refractivity contribution in [3.8, 4) is 0 Å². The summed E-state index contributed by atoms with van der Waals surface area (Å²) in [7, 11) is 1.38. The molecule has 0 unspecified atom stereocenters. The van der Waals surface area contributed by atoms with E-state index in [1.807, 2.05) is 24.3 Å². The Labute approximate surface area is 113 Å². The Hall–Kier alpha value is -1.40. The summed E-state index contributed by atoms with van der Waals surface area (Å²) >= 11 is 3.34. The molecule has 1 aromatic carbocycles. The highest BCUT2D eigenvalue weighted by Gasteiger charge is 2.35. The van der Waals surface area contributed by atoms with Crippen LogP contribution in [0.4, 0.5) is 5.69 Å². The third kappa shape index (κ3) is 2.70. The first-order valence-corrected chi connectivity index (χ1v) is 6.30. The number of hydroxylamine groups is 1. The van der Waals surface area contributed by atoms with Gasteiger partial charge >= 0.3 is 0 Å². The Morgan fingerprint density at radius 3 is 2.72 bits per heavy atom. The lowest BCUT2D eigenvalue weighted by Crippen LogP contribution is -2.32. The summed E-state index contributed by atoms with van der Waals surface area (Å²) in [4.78, 5) is 29.7. The van der Waals surface area contributed by atoms with E-state index in [1.54, 1.807) is 4.90 Å². The SMILES string of the molecule is CONC(=O)[C@@H]1CC(=O)N(c2ccc(Br)cc2)C1. The lowest BCUT2D eigenvalue weighted by atomic mass is 10.1. The number of carbonyl (C=O) groups is 2. The van der Waals surface area contributed by atoms with Crippen molar-refractivity contribution in [1.29, 1.82) is 0 Å². The number of hydrogen-bond acceptors (Lipinski definition) is 3. The van der Waals surface area contributed by atoms with Crippen LogP contribution in [-0.4, -0.2) is 25.5 Å². The molecule has 2 amide bonds. The molecular formula is C12H13BrN2O3. The van der Waals surface area contributed by atoms with Gasteiger partial charge < -0.3 is 4.90 Å². The van der Waals surface area contributed by atoms with Crippen LogP contribution >= 0.6 is 15.9 Å². The second-order valence-electron chi connectivity index (χ2n) is 4.05. The molecule has 0 aromatic heterocycles. The van der Waals surface area contributed by atoms with Crippen molar-refractivity contribution >= 4 is 33.4 Å². The number of amides is 2. The van der Waals surface area contributed by atoms with Gasteiger partial charge in [0.05, 0.1) is 13.0 Å². The minimum atomic E-state index is -0.360. The van der Waals surface area contributed by atoms with E-state index in [1.165, 1.54) is 7.11 Å². The predicted octanol–water partition coefficient (Wildman–Crippen LogP) is 1.48. The fourth-order valence-electron chi connectivity index (χ4n) is 1.94. The summed E-state index contributed by atoms with van der Waals surface area (Å²) in [6.45, 7) is 0.385. The molecule has 18 heavy (non-hydrogen) atoms. The maximum Gasteiger partial charge on any atom is 0.248 e. The van der Waals surface area contributed by atoms with Crippen molar-refractivity contribution in [2.75, 3.05) is 18.6 Å². The van der Waals surface area contributed by atoms with E-state index in [0.29, 0.717) is 6.54 Å². The van der Waals surface area contributed by atoms with Crippen LogP contribution in [0.1, 0.15) is 6.42 Å². The van der Waals surface area contributed by atoms with Crippen LogP contribution in [-0.2, 0) is 14.4 Å². The Morgan fingerprint density at radius 1 is 1.44 bits per heavy atom. The van der Waals surface area contributed by atoms with E-state index in [-0.39, 0.29) is 24.2 Å². The number of carbonyl (C=O) groups excluding carboxylic acids is 2. The largest absolute Gasteiger partial charge is 0.312 e. The summed E-state index contributed by atoms with van der Waals surface area (Å²) in [6.07, 6.45) is 0.214. The molecule has 0 bridgehead atoms. The van der Waals surface area contributed by atoms with E-state index >= 15 is 0 Å². The van der Waals surface area contributed by atoms with Crippen LogP contribution in [0.15, 0.2) is 28.7 Å². The van der Waals surface area contributed by atoms with Crippen LogP contribution < -0.4 is 10.4 Å². The summed E-state index contributed by atoms with van der Waals surface area (Å²) in [5.41, 5.74) is 3.07. The molecule has 2 rings (SSSR count).